The molecule has 1 heterocycles. The molecule has 0 amide bonds. The Morgan fingerprint density at radius 2 is 2.18 bits per heavy atom. The molecule has 1 aliphatic carbocycles. The predicted octanol–water partition coefficient (Wildman–Crippen LogP) is 3.80. The molecule has 0 radical (unpaired) electrons. The molecular weight excluding hydrogens is 232 g/mol. The maximum atomic E-state index is 6.17. The Morgan fingerprint density at radius 3 is 2.76 bits per heavy atom. The molecule has 1 unspecified atom stereocenters. The molecule has 1 aromatic heterocycles. The molecule has 0 bridgehead atoms. The van der Waals surface area contributed by atoms with Crippen molar-refractivity contribution >= 4 is 11.6 Å². The predicted molar refractivity (Wildman–Crippen MR) is 72.5 cm³/mol. The van der Waals surface area contributed by atoms with Gasteiger partial charge >= 0.3 is 0 Å². The zero-order chi connectivity index (χ0) is 12.3. The maximum absolute atomic E-state index is 6.17. The van der Waals surface area contributed by atoms with E-state index in [1.807, 2.05) is 0 Å². The van der Waals surface area contributed by atoms with Crippen LogP contribution in [0.3, 0.4) is 0 Å². The van der Waals surface area contributed by atoms with E-state index in [-0.39, 0.29) is 0 Å². The van der Waals surface area contributed by atoms with Crippen LogP contribution in [0.15, 0.2) is 6.07 Å². The Labute approximate surface area is 109 Å². The number of nitrogens with zero attached hydrogens (tertiary/aromatic N) is 2. The number of hydrogen-bond acceptors (Lipinski definition) is 1. The van der Waals surface area contributed by atoms with E-state index >= 15 is 0 Å². The molecule has 2 nitrogen and oxygen atoms in total. The van der Waals surface area contributed by atoms with Crippen molar-refractivity contribution in [2.24, 2.45) is 11.8 Å². The van der Waals surface area contributed by atoms with E-state index in [1.54, 1.807) is 0 Å². The number of aromatic nitrogens is 2. The van der Waals surface area contributed by atoms with Gasteiger partial charge in [-0.2, -0.15) is 5.10 Å². The van der Waals surface area contributed by atoms with E-state index in [2.05, 4.69) is 29.7 Å². The van der Waals surface area contributed by atoms with Crippen molar-refractivity contribution in [2.75, 3.05) is 5.88 Å². The van der Waals surface area contributed by atoms with Gasteiger partial charge in [-0.1, -0.05) is 25.7 Å². The Kier molecular flexibility index (Phi) is 4.49. The molecule has 0 aromatic carbocycles. The van der Waals surface area contributed by atoms with Crippen LogP contribution in [0.2, 0.25) is 0 Å². The molecule has 96 valence electrons. The third-order valence-corrected chi connectivity index (χ3v) is 4.42. The molecule has 17 heavy (non-hydrogen) atoms. The summed E-state index contributed by atoms with van der Waals surface area (Å²) in [5.74, 6) is 2.27. The van der Waals surface area contributed by atoms with E-state index in [1.165, 1.54) is 31.4 Å². The lowest BCUT2D eigenvalue weighted by Gasteiger charge is -2.21. The summed E-state index contributed by atoms with van der Waals surface area (Å²) in [6.07, 6.45) is 6.63. The average molecular weight is 255 g/mol. The van der Waals surface area contributed by atoms with E-state index in [0.717, 1.165) is 30.5 Å². The molecule has 0 N–H and O–H groups in total. The third-order valence-electron chi connectivity index (χ3n) is 4.02. The topological polar surface area (TPSA) is 17.8 Å². The van der Waals surface area contributed by atoms with Crippen molar-refractivity contribution in [3.8, 4) is 0 Å². The number of alkyl halides is 1. The molecule has 0 saturated heterocycles. The molecule has 1 aliphatic rings. The van der Waals surface area contributed by atoms with Gasteiger partial charge in [0.25, 0.3) is 0 Å². The van der Waals surface area contributed by atoms with Crippen LogP contribution < -0.4 is 0 Å². The second-order valence-corrected chi connectivity index (χ2v) is 5.56. The van der Waals surface area contributed by atoms with Crippen molar-refractivity contribution in [3.05, 3.63) is 17.5 Å². The molecular formula is C14H23ClN2. The van der Waals surface area contributed by atoms with Crippen LogP contribution >= 0.6 is 11.6 Å². The van der Waals surface area contributed by atoms with Gasteiger partial charge in [0.05, 0.1) is 5.69 Å². The molecule has 1 saturated carbocycles. The van der Waals surface area contributed by atoms with Gasteiger partial charge < -0.3 is 0 Å². The molecule has 1 aromatic rings. The smallest absolute Gasteiger partial charge is 0.0596 e. The Morgan fingerprint density at radius 1 is 1.47 bits per heavy atom. The summed E-state index contributed by atoms with van der Waals surface area (Å²) in [6, 6.07) is 2.22. The number of halogens is 1. The van der Waals surface area contributed by atoms with Crippen molar-refractivity contribution in [1.29, 1.82) is 0 Å². The SMILES string of the molecule is CCn1nc(C)cc1CC(CCl)C1CCCC1. The Balaban J connectivity index is 2.06. The lowest BCUT2D eigenvalue weighted by atomic mass is 9.88. The number of hydrogen-bond donors (Lipinski definition) is 0. The Bertz CT molecular complexity index is 353. The average Bonchev–Trinajstić information content (AvgIpc) is 2.94. The van der Waals surface area contributed by atoms with Crippen molar-refractivity contribution in [1.82, 2.24) is 9.78 Å². The summed E-state index contributed by atoms with van der Waals surface area (Å²) in [5.41, 5.74) is 2.49. The fourth-order valence-electron chi connectivity index (χ4n) is 3.08. The normalized spacial score (nSPS) is 18.8. The van der Waals surface area contributed by atoms with Gasteiger partial charge in [0.1, 0.15) is 0 Å². The van der Waals surface area contributed by atoms with Crippen LogP contribution in [-0.4, -0.2) is 15.7 Å². The molecule has 1 atom stereocenters. The van der Waals surface area contributed by atoms with Gasteiger partial charge in [-0.3, -0.25) is 4.68 Å². The minimum Gasteiger partial charge on any atom is -0.270 e. The van der Waals surface area contributed by atoms with Crippen LogP contribution in [0.1, 0.15) is 44.0 Å². The summed E-state index contributed by atoms with van der Waals surface area (Å²) < 4.78 is 2.13. The van der Waals surface area contributed by atoms with Gasteiger partial charge in [-0.25, -0.2) is 0 Å². The van der Waals surface area contributed by atoms with Gasteiger partial charge in [-0.05, 0) is 38.2 Å². The summed E-state index contributed by atoms with van der Waals surface area (Å²) in [5, 5.41) is 4.52. The van der Waals surface area contributed by atoms with E-state index in [4.69, 9.17) is 11.6 Å². The summed E-state index contributed by atoms with van der Waals surface area (Å²) in [4.78, 5) is 0. The maximum Gasteiger partial charge on any atom is 0.0596 e. The van der Waals surface area contributed by atoms with E-state index in [0.29, 0.717) is 5.92 Å². The lowest BCUT2D eigenvalue weighted by Crippen LogP contribution is -2.18. The quantitative estimate of drug-likeness (QED) is 0.731. The minimum absolute atomic E-state index is 0.639. The van der Waals surface area contributed by atoms with Crippen molar-refractivity contribution in [3.63, 3.8) is 0 Å². The van der Waals surface area contributed by atoms with Gasteiger partial charge in [0, 0.05) is 18.1 Å². The molecule has 0 aliphatic heterocycles. The highest BCUT2D eigenvalue weighted by atomic mass is 35.5. The fourth-order valence-corrected chi connectivity index (χ4v) is 3.44. The standard InChI is InChI=1S/C14H23ClN2/c1-3-17-14(8-11(2)16-17)9-13(10-15)12-6-4-5-7-12/h8,12-13H,3-7,9-10H2,1-2H3. The molecule has 0 spiro atoms. The first kappa shape index (κ1) is 12.9. The molecule has 1 fully saturated rings. The first-order valence-electron chi connectivity index (χ1n) is 6.84. The first-order chi connectivity index (χ1) is 8.24. The molecule has 2 rings (SSSR count). The van der Waals surface area contributed by atoms with Gasteiger partial charge in [0.2, 0.25) is 0 Å². The highest BCUT2D eigenvalue weighted by Gasteiger charge is 2.25. The minimum atomic E-state index is 0.639. The fraction of sp³-hybridized carbons (Fsp3) is 0.786. The van der Waals surface area contributed by atoms with Crippen molar-refractivity contribution in [2.45, 2.75) is 52.5 Å². The van der Waals surface area contributed by atoms with Crippen LogP contribution in [0, 0.1) is 18.8 Å². The summed E-state index contributed by atoms with van der Waals surface area (Å²) >= 11 is 6.17. The number of rotatable bonds is 5. The lowest BCUT2D eigenvalue weighted by molar-refractivity contribution is 0.360. The van der Waals surface area contributed by atoms with Crippen LogP contribution in [0.4, 0.5) is 0 Å². The summed E-state index contributed by atoms with van der Waals surface area (Å²) in [6.45, 7) is 5.19. The monoisotopic (exact) mass is 254 g/mol. The van der Waals surface area contributed by atoms with Crippen molar-refractivity contribution < 1.29 is 0 Å². The Hall–Kier alpha value is -0.500. The van der Waals surface area contributed by atoms with Crippen LogP contribution in [0.5, 0.6) is 0 Å². The number of aryl methyl sites for hydroxylation is 2. The zero-order valence-electron chi connectivity index (χ0n) is 11.0. The van der Waals surface area contributed by atoms with Gasteiger partial charge in [-0.15, -0.1) is 11.6 Å². The highest BCUT2D eigenvalue weighted by molar-refractivity contribution is 6.18. The second kappa shape index (κ2) is 5.90. The third kappa shape index (κ3) is 3.04. The largest absolute Gasteiger partial charge is 0.270 e. The first-order valence-corrected chi connectivity index (χ1v) is 7.37. The highest BCUT2D eigenvalue weighted by Crippen LogP contribution is 2.34. The zero-order valence-corrected chi connectivity index (χ0v) is 11.7. The summed E-state index contributed by atoms with van der Waals surface area (Å²) in [7, 11) is 0. The second-order valence-electron chi connectivity index (χ2n) is 5.26. The van der Waals surface area contributed by atoms with Crippen LogP contribution in [-0.2, 0) is 13.0 Å². The van der Waals surface area contributed by atoms with Crippen LogP contribution in [0.25, 0.3) is 0 Å². The van der Waals surface area contributed by atoms with E-state index in [9.17, 15) is 0 Å². The van der Waals surface area contributed by atoms with Gasteiger partial charge in [0.15, 0.2) is 0 Å². The van der Waals surface area contributed by atoms with E-state index < -0.39 is 0 Å². The molecule has 3 heteroatoms.